The highest BCUT2D eigenvalue weighted by Gasteiger charge is 2.77. The molecule has 0 radical (unpaired) electrons. The lowest BCUT2D eigenvalue weighted by Crippen LogP contribution is -2.53. The van der Waals surface area contributed by atoms with E-state index in [1.807, 2.05) is 45.9 Å². The Bertz CT molecular complexity index is 993. The maximum absolute atomic E-state index is 14.0. The standard InChI is InChI=1S/C28H41N3O5/c1-5-15-29-24(33)20-21-26(35)31(16-8-6-7-9-17-32)23(28(21)14-13-27(20,4)36-28)25(34)30-22-18(2)11-10-12-19(22)3/h10-12,20-21,23,32H,5-9,13-17H2,1-4H3,(H,29,33)(H,30,34)/t20-,21-,23?,27+,28?/m0/s1. The molecule has 0 aromatic heterocycles. The van der Waals surface area contributed by atoms with E-state index in [0.717, 1.165) is 48.9 Å². The fourth-order valence-electron chi connectivity index (χ4n) is 6.68. The van der Waals surface area contributed by atoms with Crippen LogP contribution in [0.3, 0.4) is 0 Å². The summed E-state index contributed by atoms with van der Waals surface area (Å²) in [6, 6.07) is 5.07. The van der Waals surface area contributed by atoms with E-state index in [-0.39, 0.29) is 24.3 Å². The van der Waals surface area contributed by atoms with Gasteiger partial charge in [0.1, 0.15) is 11.6 Å². The molecule has 1 spiro atoms. The Kier molecular flexibility index (Phi) is 7.76. The first-order valence-electron chi connectivity index (χ1n) is 13.5. The average molecular weight is 500 g/mol. The van der Waals surface area contributed by atoms with Crippen molar-refractivity contribution in [3.05, 3.63) is 29.3 Å². The van der Waals surface area contributed by atoms with Crippen LogP contribution in [0.1, 0.15) is 69.9 Å². The third-order valence-corrected chi connectivity index (χ3v) is 8.39. The number of carbonyl (C=O) groups excluding carboxylic acids is 3. The second-order valence-corrected chi connectivity index (χ2v) is 10.9. The second kappa shape index (κ2) is 10.5. The number of amides is 3. The Morgan fingerprint density at radius 3 is 2.47 bits per heavy atom. The first-order valence-corrected chi connectivity index (χ1v) is 13.5. The highest BCUT2D eigenvalue weighted by molar-refractivity contribution is 6.04. The molecular formula is C28H41N3O5. The zero-order chi connectivity index (χ0) is 26.1. The summed E-state index contributed by atoms with van der Waals surface area (Å²) in [4.78, 5) is 42.9. The molecule has 1 aromatic carbocycles. The molecule has 3 aliphatic heterocycles. The minimum atomic E-state index is -1.01. The topological polar surface area (TPSA) is 108 Å². The number of rotatable bonds is 11. The predicted molar refractivity (Wildman–Crippen MR) is 137 cm³/mol. The predicted octanol–water partition coefficient (Wildman–Crippen LogP) is 3.09. The molecule has 3 saturated heterocycles. The van der Waals surface area contributed by atoms with Gasteiger partial charge >= 0.3 is 0 Å². The third-order valence-electron chi connectivity index (χ3n) is 8.39. The van der Waals surface area contributed by atoms with E-state index < -0.39 is 29.1 Å². The van der Waals surface area contributed by atoms with Crippen LogP contribution in [0, 0.1) is 25.7 Å². The number of fused-ring (bicyclic) bond motifs is 1. The smallest absolute Gasteiger partial charge is 0.250 e. The minimum Gasteiger partial charge on any atom is -0.396 e. The normalized spacial score (nSPS) is 30.5. The molecule has 3 aliphatic rings. The Morgan fingerprint density at radius 1 is 1.11 bits per heavy atom. The van der Waals surface area contributed by atoms with E-state index in [1.165, 1.54) is 0 Å². The van der Waals surface area contributed by atoms with Crippen LogP contribution < -0.4 is 10.6 Å². The van der Waals surface area contributed by atoms with Crippen LogP contribution in [0.15, 0.2) is 18.2 Å². The Balaban J connectivity index is 1.67. The molecule has 8 heteroatoms. The summed E-state index contributed by atoms with van der Waals surface area (Å²) < 4.78 is 6.65. The summed E-state index contributed by atoms with van der Waals surface area (Å²) in [6.07, 6.45) is 5.18. The number of unbranched alkanes of at least 4 members (excludes halogenated alkanes) is 3. The van der Waals surface area contributed by atoms with Gasteiger partial charge in [0.25, 0.3) is 0 Å². The number of anilines is 1. The van der Waals surface area contributed by atoms with Crippen LogP contribution >= 0.6 is 0 Å². The van der Waals surface area contributed by atoms with Gasteiger partial charge in [-0.05, 0) is 64.0 Å². The number of aryl methyl sites for hydroxylation is 2. The highest BCUT2D eigenvalue weighted by atomic mass is 16.5. The monoisotopic (exact) mass is 499 g/mol. The lowest BCUT2D eigenvalue weighted by molar-refractivity contribution is -0.144. The second-order valence-electron chi connectivity index (χ2n) is 10.9. The van der Waals surface area contributed by atoms with Crippen LogP contribution in [0.2, 0.25) is 0 Å². The first kappa shape index (κ1) is 26.6. The summed E-state index contributed by atoms with van der Waals surface area (Å²) in [5, 5.41) is 15.2. The minimum absolute atomic E-state index is 0.148. The summed E-state index contributed by atoms with van der Waals surface area (Å²) in [5.41, 5.74) is 0.901. The molecule has 2 bridgehead atoms. The fourth-order valence-corrected chi connectivity index (χ4v) is 6.68. The van der Waals surface area contributed by atoms with Crippen LogP contribution in [0.25, 0.3) is 0 Å². The van der Waals surface area contributed by atoms with Gasteiger partial charge in [-0.2, -0.15) is 0 Å². The zero-order valence-corrected chi connectivity index (χ0v) is 22.1. The lowest BCUT2D eigenvalue weighted by atomic mass is 9.66. The van der Waals surface area contributed by atoms with Gasteiger partial charge in [0, 0.05) is 25.4 Å². The van der Waals surface area contributed by atoms with E-state index in [1.54, 1.807) is 4.90 Å². The first-order chi connectivity index (χ1) is 17.2. The number of para-hydroxylation sites is 1. The molecule has 3 fully saturated rings. The van der Waals surface area contributed by atoms with E-state index in [9.17, 15) is 14.4 Å². The van der Waals surface area contributed by atoms with E-state index in [4.69, 9.17) is 9.84 Å². The van der Waals surface area contributed by atoms with Crippen molar-refractivity contribution in [2.45, 2.75) is 89.9 Å². The Hall–Kier alpha value is -2.45. The molecule has 3 N–H and O–H groups in total. The van der Waals surface area contributed by atoms with Gasteiger partial charge in [-0.3, -0.25) is 14.4 Å². The summed E-state index contributed by atoms with van der Waals surface area (Å²) in [7, 11) is 0. The average Bonchev–Trinajstić information content (AvgIpc) is 3.40. The van der Waals surface area contributed by atoms with Gasteiger partial charge < -0.3 is 25.4 Å². The van der Waals surface area contributed by atoms with Crippen molar-refractivity contribution in [2.75, 3.05) is 25.0 Å². The third kappa shape index (κ3) is 4.43. The van der Waals surface area contributed by atoms with Gasteiger partial charge in [0.05, 0.1) is 17.4 Å². The number of carbonyl (C=O) groups is 3. The van der Waals surface area contributed by atoms with Crippen LogP contribution in [0.4, 0.5) is 5.69 Å². The molecule has 3 heterocycles. The number of aliphatic hydroxyl groups excluding tert-OH is 1. The molecule has 0 saturated carbocycles. The van der Waals surface area contributed by atoms with Gasteiger partial charge in [0.2, 0.25) is 17.7 Å². The molecule has 0 aliphatic carbocycles. The van der Waals surface area contributed by atoms with E-state index >= 15 is 0 Å². The van der Waals surface area contributed by atoms with Gasteiger partial charge in [-0.25, -0.2) is 0 Å². The van der Waals surface area contributed by atoms with E-state index in [0.29, 0.717) is 25.9 Å². The molecule has 2 unspecified atom stereocenters. The Morgan fingerprint density at radius 2 is 1.81 bits per heavy atom. The van der Waals surface area contributed by atoms with Crippen LogP contribution in [0.5, 0.6) is 0 Å². The highest BCUT2D eigenvalue weighted by Crippen LogP contribution is 2.63. The molecule has 198 valence electrons. The number of nitrogens with one attached hydrogen (secondary N) is 2. The maximum Gasteiger partial charge on any atom is 0.250 e. The summed E-state index contributed by atoms with van der Waals surface area (Å²) >= 11 is 0. The number of benzene rings is 1. The van der Waals surface area contributed by atoms with Crippen molar-refractivity contribution in [1.29, 1.82) is 0 Å². The Labute approximate surface area is 214 Å². The number of hydrogen-bond donors (Lipinski definition) is 3. The fraction of sp³-hybridized carbons (Fsp3) is 0.679. The van der Waals surface area contributed by atoms with Crippen LogP contribution in [-0.2, 0) is 19.1 Å². The zero-order valence-electron chi connectivity index (χ0n) is 22.1. The molecule has 36 heavy (non-hydrogen) atoms. The number of likely N-dealkylation sites (tertiary alicyclic amines) is 1. The quantitative estimate of drug-likeness (QED) is 0.406. The molecule has 1 aromatic rings. The number of ether oxygens (including phenoxy) is 1. The molecular weight excluding hydrogens is 458 g/mol. The van der Waals surface area contributed by atoms with Crippen molar-refractivity contribution in [3.8, 4) is 0 Å². The van der Waals surface area contributed by atoms with Crippen molar-refractivity contribution in [3.63, 3.8) is 0 Å². The maximum atomic E-state index is 14.0. The van der Waals surface area contributed by atoms with Gasteiger partial charge in [-0.1, -0.05) is 38.0 Å². The van der Waals surface area contributed by atoms with Crippen molar-refractivity contribution < 1.29 is 24.2 Å². The number of aliphatic hydroxyl groups is 1. The van der Waals surface area contributed by atoms with Crippen molar-refractivity contribution in [1.82, 2.24) is 10.2 Å². The van der Waals surface area contributed by atoms with Crippen LogP contribution in [-0.4, -0.2) is 64.7 Å². The van der Waals surface area contributed by atoms with Crippen molar-refractivity contribution >= 4 is 23.4 Å². The SMILES string of the molecule is CCCNC(=O)[C@@H]1[C@H]2C(=O)N(CCCCCCO)C(C(=O)Nc3c(C)cccc3C)C23CC[C@@]1(C)O3. The number of hydrogen-bond acceptors (Lipinski definition) is 5. The number of nitrogens with zero attached hydrogens (tertiary/aromatic N) is 1. The lowest BCUT2D eigenvalue weighted by Gasteiger charge is -2.33. The van der Waals surface area contributed by atoms with Gasteiger partial charge in [-0.15, -0.1) is 0 Å². The van der Waals surface area contributed by atoms with Gasteiger partial charge in [0.15, 0.2) is 0 Å². The molecule has 5 atom stereocenters. The summed E-state index contributed by atoms with van der Waals surface area (Å²) in [6.45, 7) is 8.94. The largest absolute Gasteiger partial charge is 0.396 e. The molecule has 8 nitrogen and oxygen atoms in total. The summed E-state index contributed by atoms with van der Waals surface area (Å²) in [5.74, 6) is -1.84. The molecule has 3 amide bonds. The molecule has 4 rings (SSSR count). The van der Waals surface area contributed by atoms with E-state index in [2.05, 4.69) is 10.6 Å². The van der Waals surface area contributed by atoms with Crippen molar-refractivity contribution in [2.24, 2.45) is 11.8 Å².